The van der Waals surface area contributed by atoms with E-state index in [4.69, 9.17) is 0 Å². The summed E-state index contributed by atoms with van der Waals surface area (Å²) in [6.07, 6.45) is 1.15. The van der Waals surface area contributed by atoms with Gasteiger partial charge in [-0.1, -0.05) is 12.1 Å². The SMILES string of the molecule is CN(C)C(CC(=O)CC(c1cccs1)N(C)C)c1cccs1.Cl. The normalized spacial score (nSPS) is 13.8. The summed E-state index contributed by atoms with van der Waals surface area (Å²) in [5.74, 6) is 0.319. The molecule has 0 amide bonds. The third kappa shape index (κ3) is 5.69. The van der Waals surface area contributed by atoms with Crippen molar-refractivity contribution < 1.29 is 4.79 Å². The zero-order valence-corrected chi connectivity index (χ0v) is 16.5. The van der Waals surface area contributed by atoms with E-state index in [1.807, 2.05) is 28.2 Å². The summed E-state index contributed by atoms with van der Waals surface area (Å²) in [7, 11) is 8.17. The summed E-state index contributed by atoms with van der Waals surface area (Å²) in [5.41, 5.74) is 0. The fourth-order valence-corrected chi connectivity index (χ4v) is 4.40. The van der Waals surface area contributed by atoms with Crippen molar-refractivity contribution in [2.45, 2.75) is 24.9 Å². The summed E-state index contributed by atoms with van der Waals surface area (Å²) >= 11 is 3.44. The molecule has 0 fully saturated rings. The molecule has 2 rings (SSSR count). The smallest absolute Gasteiger partial charge is 0.136 e. The third-order valence-electron chi connectivity index (χ3n) is 3.83. The van der Waals surface area contributed by atoms with Crippen LogP contribution in [0.1, 0.15) is 34.7 Å². The van der Waals surface area contributed by atoms with Crippen molar-refractivity contribution in [3.05, 3.63) is 44.8 Å². The topological polar surface area (TPSA) is 23.6 Å². The Bertz CT molecular complexity index is 517. The van der Waals surface area contributed by atoms with Crippen LogP contribution in [0.5, 0.6) is 0 Å². The maximum Gasteiger partial charge on any atom is 0.136 e. The van der Waals surface area contributed by atoms with Crippen LogP contribution in [0, 0.1) is 0 Å². The zero-order chi connectivity index (χ0) is 16.1. The number of halogens is 1. The molecule has 0 spiro atoms. The standard InChI is InChI=1S/C17H24N2OS2.ClH/c1-18(2)14(16-7-5-9-21-16)11-13(20)12-15(19(3)4)17-8-6-10-22-17;/h5-10,14-15H,11-12H2,1-4H3;1H. The van der Waals surface area contributed by atoms with Crippen LogP contribution in [0.3, 0.4) is 0 Å². The highest BCUT2D eigenvalue weighted by Gasteiger charge is 2.23. The minimum atomic E-state index is 0. The van der Waals surface area contributed by atoms with Gasteiger partial charge in [0, 0.05) is 22.6 Å². The second-order valence-corrected chi connectivity index (χ2v) is 7.90. The van der Waals surface area contributed by atoms with Gasteiger partial charge in [-0.25, -0.2) is 0 Å². The van der Waals surface area contributed by atoms with Crippen LogP contribution in [0.15, 0.2) is 35.0 Å². The van der Waals surface area contributed by atoms with Crippen LogP contribution in [0.2, 0.25) is 0 Å². The molecule has 2 atom stereocenters. The fraction of sp³-hybridized carbons (Fsp3) is 0.471. The highest BCUT2D eigenvalue weighted by Crippen LogP contribution is 2.31. The van der Waals surface area contributed by atoms with Crippen LogP contribution >= 0.6 is 35.1 Å². The van der Waals surface area contributed by atoms with Crippen LogP contribution in [0.4, 0.5) is 0 Å². The van der Waals surface area contributed by atoms with Gasteiger partial charge in [0.15, 0.2) is 0 Å². The molecule has 2 heterocycles. The molecule has 23 heavy (non-hydrogen) atoms. The second-order valence-electron chi connectivity index (χ2n) is 5.94. The van der Waals surface area contributed by atoms with Gasteiger partial charge >= 0.3 is 0 Å². The van der Waals surface area contributed by atoms with E-state index in [0.29, 0.717) is 18.6 Å². The van der Waals surface area contributed by atoms with Crippen molar-refractivity contribution in [2.24, 2.45) is 0 Å². The molecule has 0 aliphatic carbocycles. The van der Waals surface area contributed by atoms with E-state index in [1.54, 1.807) is 22.7 Å². The predicted octanol–water partition coefficient (Wildman–Crippen LogP) is 4.49. The number of nitrogens with zero attached hydrogens (tertiary/aromatic N) is 2. The number of hydrogen-bond donors (Lipinski definition) is 0. The minimum Gasteiger partial charge on any atom is -0.301 e. The molecule has 0 radical (unpaired) electrons. The van der Waals surface area contributed by atoms with Gasteiger partial charge in [0.05, 0.1) is 12.1 Å². The Morgan fingerprint density at radius 2 is 1.30 bits per heavy atom. The summed E-state index contributed by atoms with van der Waals surface area (Å²) in [5, 5.41) is 4.15. The van der Waals surface area contributed by atoms with E-state index < -0.39 is 0 Å². The highest BCUT2D eigenvalue weighted by molar-refractivity contribution is 7.10. The van der Waals surface area contributed by atoms with E-state index >= 15 is 0 Å². The third-order valence-corrected chi connectivity index (χ3v) is 5.78. The predicted molar refractivity (Wildman–Crippen MR) is 103 cm³/mol. The number of ketones is 1. The molecule has 2 aromatic rings. The van der Waals surface area contributed by atoms with Gasteiger partial charge in [-0.05, 0) is 51.1 Å². The average molecular weight is 373 g/mol. The minimum absolute atomic E-state index is 0. The molecule has 128 valence electrons. The van der Waals surface area contributed by atoms with Crippen molar-refractivity contribution in [2.75, 3.05) is 28.2 Å². The Morgan fingerprint density at radius 3 is 1.57 bits per heavy atom. The van der Waals surface area contributed by atoms with Gasteiger partial charge in [0.25, 0.3) is 0 Å². The Labute approximate surface area is 153 Å². The number of carbonyl (C=O) groups is 1. The lowest BCUT2D eigenvalue weighted by molar-refractivity contribution is -0.121. The molecule has 0 aliphatic heterocycles. The van der Waals surface area contributed by atoms with E-state index in [9.17, 15) is 4.79 Å². The van der Waals surface area contributed by atoms with Crippen molar-refractivity contribution in [1.29, 1.82) is 0 Å². The first-order valence-corrected chi connectivity index (χ1v) is 9.16. The lowest BCUT2D eigenvalue weighted by Gasteiger charge is -2.26. The summed E-state index contributed by atoms with van der Waals surface area (Å²) in [6.45, 7) is 0. The molecule has 0 saturated carbocycles. The van der Waals surface area contributed by atoms with Crippen LogP contribution in [0.25, 0.3) is 0 Å². The van der Waals surface area contributed by atoms with Crippen LogP contribution in [-0.4, -0.2) is 43.8 Å². The molecule has 6 heteroatoms. The number of rotatable bonds is 8. The molecule has 0 aliphatic rings. The van der Waals surface area contributed by atoms with Gasteiger partial charge in [-0.2, -0.15) is 0 Å². The van der Waals surface area contributed by atoms with E-state index in [2.05, 4.69) is 44.8 Å². The van der Waals surface area contributed by atoms with Gasteiger partial charge in [-0.3, -0.25) is 4.79 Å². The monoisotopic (exact) mass is 372 g/mol. The summed E-state index contributed by atoms with van der Waals surface area (Å²) in [4.78, 5) is 19.4. The molecule has 0 bridgehead atoms. The highest BCUT2D eigenvalue weighted by atomic mass is 35.5. The van der Waals surface area contributed by atoms with Gasteiger partial charge in [0.1, 0.15) is 5.78 Å². The molecule has 0 aromatic carbocycles. The molecule has 2 unspecified atom stereocenters. The average Bonchev–Trinajstić information content (AvgIpc) is 3.14. The number of carbonyl (C=O) groups excluding carboxylic acids is 1. The van der Waals surface area contributed by atoms with Crippen molar-refractivity contribution in [1.82, 2.24) is 9.80 Å². The lowest BCUT2D eigenvalue weighted by Crippen LogP contribution is -2.26. The molecule has 2 aromatic heterocycles. The number of hydrogen-bond acceptors (Lipinski definition) is 5. The Hall–Kier alpha value is -0.720. The van der Waals surface area contributed by atoms with Crippen LogP contribution < -0.4 is 0 Å². The van der Waals surface area contributed by atoms with E-state index in [-0.39, 0.29) is 24.5 Å². The maximum absolute atomic E-state index is 12.6. The Kier molecular flexibility index (Phi) is 8.44. The first-order valence-electron chi connectivity index (χ1n) is 7.40. The van der Waals surface area contributed by atoms with E-state index in [0.717, 1.165) is 0 Å². The van der Waals surface area contributed by atoms with Crippen molar-refractivity contribution in [3.63, 3.8) is 0 Å². The molecule has 0 saturated heterocycles. The van der Waals surface area contributed by atoms with Gasteiger partial charge in [-0.15, -0.1) is 35.1 Å². The van der Waals surface area contributed by atoms with Crippen molar-refractivity contribution in [3.8, 4) is 0 Å². The molecular weight excluding hydrogens is 348 g/mol. The quantitative estimate of drug-likeness (QED) is 0.682. The lowest BCUT2D eigenvalue weighted by atomic mass is 10.0. The number of thiophene rings is 2. The van der Waals surface area contributed by atoms with Crippen molar-refractivity contribution >= 4 is 40.9 Å². The van der Waals surface area contributed by atoms with Gasteiger partial charge in [0.2, 0.25) is 0 Å². The van der Waals surface area contributed by atoms with Gasteiger partial charge < -0.3 is 9.80 Å². The van der Waals surface area contributed by atoms with E-state index in [1.165, 1.54) is 9.75 Å². The summed E-state index contributed by atoms with van der Waals surface area (Å²) < 4.78 is 0. The Balaban J connectivity index is 0.00000264. The Morgan fingerprint density at radius 1 is 0.913 bits per heavy atom. The molecule has 0 N–H and O–H groups in total. The second kappa shape index (κ2) is 9.55. The molecular formula is C17H25ClN2OS2. The summed E-state index contributed by atoms with van der Waals surface area (Å²) in [6, 6.07) is 8.69. The largest absolute Gasteiger partial charge is 0.301 e. The maximum atomic E-state index is 12.6. The first-order chi connectivity index (χ1) is 10.5. The molecule has 3 nitrogen and oxygen atoms in total. The zero-order valence-electron chi connectivity index (χ0n) is 14.1. The fourth-order valence-electron chi connectivity index (χ4n) is 2.55. The first kappa shape index (κ1) is 20.3. The van der Waals surface area contributed by atoms with Crippen LogP contribution in [-0.2, 0) is 4.79 Å². The number of Topliss-reactive ketones (excluding diaryl/α,β-unsaturated/α-hetero) is 1.